The first-order valence-electron chi connectivity index (χ1n) is 10.3. The summed E-state index contributed by atoms with van der Waals surface area (Å²) < 4.78 is 0. The van der Waals surface area contributed by atoms with Crippen molar-refractivity contribution in [1.82, 2.24) is 9.88 Å². The molecule has 2 aromatic carbocycles. The van der Waals surface area contributed by atoms with Crippen LogP contribution in [0.25, 0.3) is 0 Å². The number of aromatic nitrogens is 1. The number of para-hydroxylation sites is 1. The molecule has 3 heterocycles. The highest BCUT2D eigenvalue weighted by Gasteiger charge is 2.64. The number of pyridine rings is 1. The molecule has 1 fully saturated rings. The lowest BCUT2D eigenvalue weighted by molar-refractivity contribution is -0.384. The van der Waals surface area contributed by atoms with Gasteiger partial charge in [0.2, 0.25) is 5.91 Å². The first-order chi connectivity index (χ1) is 15.4. The third kappa shape index (κ3) is 2.76. The standard InChI is InChI=1S/C24H20N4O4/c1-27-14-18(15-8-10-17(11-9-15)28(31)32)21(22(29)16-5-4-12-25-13-16)24(27)19-6-2-3-7-20(19)26-23(24)30/h2-13,18,21H,14H2,1H3,(H,26,30)/t18-,21-,24-/m1/s1. The summed E-state index contributed by atoms with van der Waals surface area (Å²) in [5, 5.41) is 14.1. The Balaban J connectivity index is 1.70. The Morgan fingerprint density at radius 3 is 2.59 bits per heavy atom. The number of likely N-dealkylation sites (tertiary alicyclic amines) is 1. The summed E-state index contributed by atoms with van der Waals surface area (Å²) in [6.45, 7) is 0.441. The Kier molecular flexibility index (Phi) is 4.60. The highest BCUT2D eigenvalue weighted by molar-refractivity contribution is 6.12. The van der Waals surface area contributed by atoms with Crippen LogP contribution >= 0.6 is 0 Å². The van der Waals surface area contributed by atoms with Gasteiger partial charge in [-0.3, -0.25) is 29.6 Å². The van der Waals surface area contributed by atoms with Gasteiger partial charge in [-0.15, -0.1) is 0 Å². The first kappa shape index (κ1) is 20.0. The fraction of sp³-hybridized carbons (Fsp3) is 0.208. The van der Waals surface area contributed by atoms with Gasteiger partial charge in [-0.2, -0.15) is 0 Å². The quantitative estimate of drug-likeness (QED) is 0.388. The molecule has 3 atom stereocenters. The number of carbonyl (C=O) groups excluding carboxylic acids is 2. The van der Waals surface area contributed by atoms with E-state index in [9.17, 15) is 19.7 Å². The number of nitro benzene ring substituents is 1. The zero-order chi connectivity index (χ0) is 22.5. The molecule has 32 heavy (non-hydrogen) atoms. The highest BCUT2D eigenvalue weighted by Crippen LogP contribution is 2.55. The summed E-state index contributed by atoms with van der Waals surface area (Å²) in [5.41, 5.74) is 1.46. The number of Topliss-reactive ketones (excluding diaryl/α,β-unsaturated/α-hetero) is 1. The van der Waals surface area contributed by atoms with E-state index < -0.39 is 16.4 Å². The highest BCUT2D eigenvalue weighted by atomic mass is 16.6. The van der Waals surface area contributed by atoms with Gasteiger partial charge in [0.15, 0.2) is 5.78 Å². The number of benzene rings is 2. The van der Waals surface area contributed by atoms with Crippen molar-refractivity contribution in [2.45, 2.75) is 11.5 Å². The third-order valence-corrected chi connectivity index (χ3v) is 6.62. The second-order valence-corrected chi connectivity index (χ2v) is 8.19. The predicted octanol–water partition coefficient (Wildman–Crippen LogP) is 3.37. The molecule has 8 heteroatoms. The Labute approximate surface area is 184 Å². The molecule has 0 unspecified atom stereocenters. The largest absolute Gasteiger partial charge is 0.324 e. The van der Waals surface area contributed by atoms with Gasteiger partial charge in [-0.05, 0) is 30.8 Å². The van der Waals surface area contributed by atoms with Gasteiger partial charge >= 0.3 is 0 Å². The molecule has 1 N–H and O–H groups in total. The monoisotopic (exact) mass is 428 g/mol. The molecule has 160 valence electrons. The number of fused-ring (bicyclic) bond motifs is 2. The molecule has 3 aromatic rings. The van der Waals surface area contributed by atoms with Gasteiger partial charge < -0.3 is 5.32 Å². The summed E-state index contributed by atoms with van der Waals surface area (Å²) in [7, 11) is 1.84. The Morgan fingerprint density at radius 1 is 1.16 bits per heavy atom. The van der Waals surface area contributed by atoms with Gasteiger partial charge in [0, 0.05) is 53.8 Å². The molecule has 2 aliphatic rings. The van der Waals surface area contributed by atoms with E-state index in [4.69, 9.17) is 0 Å². The zero-order valence-corrected chi connectivity index (χ0v) is 17.3. The lowest BCUT2D eigenvalue weighted by atomic mass is 9.70. The molecule has 1 amide bonds. The van der Waals surface area contributed by atoms with E-state index in [0.717, 1.165) is 11.1 Å². The first-order valence-corrected chi connectivity index (χ1v) is 10.3. The lowest BCUT2D eigenvalue weighted by Crippen LogP contribution is -2.51. The minimum atomic E-state index is -1.18. The van der Waals surface area contributed by atoms with Crippen molar-refractivity contribution in [2.75, 3.05) is 18.9 Å². The molecular formula is C24H20N4O4. The number of anilines is 1. The zero-order valence-electron chi connectivity index (χ0n) is 17.3. The van der Waals surface area contributed by atoms with Crippen LogP contribution in [-0.2, 0) is 10.3 Å². The summed E-state index contributed by atoms with van der Waals surface area (Å²) >= 11 is 0. The average molecular weight is 428 g/mol. The van der Waals surface area contributed by atoms with Crippen molar-refractivity contribution in [3.63, 3.8) is 0 Å². The number of rotatable bonds is 4. The molecular weight excluding hydrogens is 408 g/mol. The van der Waals surface area contributed by atoms with Gasteiger partial charge in [0.25, 0.3) is 5.69 Å². The van der Waals surface area contributed by atoms with E-state index in [2.05, 4.69) is 10.3 Å². The van der Waals surface area contributed by atoms with Gasteiger partial charge in [-0.1, -0.05) is 30.3 Å². The van der Waals surface area contributed by atoms with Crippen molar-refractivity contribution in [2.24, 2.45) is 5.92 Å². The van der Waals surface area contributed by atoms with E-state index in [0.29, 0.717) is 17.8 Å². The molecule has 1 spiro atoms. The number of carbonyl (C=O) groups is 2. The van der Waals surface area contributed by atoms with Crippen LogP contribution in [0.1, 0.15) is 27.4 Å². The maximum Gasteiger partial charge on any atom is 0.269 e. The van der Waals surface area contributed by atoms with Gasteiger partial charge in [-0.25, -0.2) is 0 Å². The Bertz CT molecular complexity index is 1230. The van der Waals surface area contributed by atoms with Crippen LogP contribution in [0.3, 0.4) is 0 Å². The smallest absolute Gasteiger partial charge is 0.269 e. The van der Waals surface area contributed by atoms with Crippen LogP contribution in [0, 0.1) is 16.0 Å². The summed E-state index contributed by atoms with van der Waals surface area (Å²) in [5.74, 6) is -1.50. The number of non-ortho nitro benzene ring substituents is 1. The van der Waals surface area contributed by atoms with E-state index in [1.807, 2.05) is 36.2 Å². The number of hydrogen-bond acceptors (Lipinski definition) is 6. The minimum Gasteiger partial charge on any atom is -0.324 e. The molecule has 5 rings (SSSR count). The van der Waals surface area contributed by atoms with Crippen LogP contribution in [0.4, 0.5) is 11.4 Å². The van der Waals surface area contributed by atoms with Crippen molar-refractivity contribution in [3.8, 4) is 0 Å². The number of hydrogen-bond donors (Lipinski definition) is 1. The maximum atomic E-state index is 13.9. The molecule has 2 aliphatic heterocycles. The van der Waals surface area contributed by atoms with Crippen LogP contribution in [0.2, 0.25) is 0 Å². The predicted molar refractivity (Wildman–Crippen MR) is 117 cm³/mol. The Morgan fingerprint density at radius 2 is 1.91 bits per heavy atom. The SMILES string of the molecule is CN1C[C@H](c2ccc([N+](=O)[O-])cc2)[C@H](C(=O)c2cccnc2)[C@]12C(=O)Nc1ccccc12. The van der Waals surface area contributed by atoms with Crippen LogP contribution in [0.15, 0.2) is 73.1 Å². The number of amides is 1. The molecule has 1 aromatic heterocycles. The van der Waals surface area contributed by atoms with Crippen molar-refractivity contribution in [1.29, 1.82) is 0 Å². The van der Waals surface area contributed by atoms with Crippen molar-refractivity contribution < 1.29 is 14.5 Å². The summed E-state index contributed by atoms with van der Waals surface area (Å²) in [6.07, 6.45) is 3.11. The van der Waals surface area contributed by atoms with Gasteiger partial charge in [0.05, 0.1) is 10.8 Å². The van der Waals surface area contributed by atoms with Crippen LogP contribution in [-0.4, -0.2) is 40.1 Å². The van der Waals surface area contributed by atoms with Gasteiger partial charge in [0.1, 0.15) is 5.54 Å². The number of nitrogens with one attached hydrogen (secondary N) is 1. The van der Waals surface area contributed by atoms with E-state index in [-0.39, 0.29) is 23.3 Å². The van der Waals surface area contributed by atoms with E-state index in [1.54, 1.807) is 30.5 Å². The molecule has 0 bridgehead atoms. The van der Waals surface area contributed by atoms with Crippen LogP contribution in [0.5, 0.6) is 0 Å². The number of likely N-dealkylation sites (N-methyl/N-ethyl adjacent to an activating group) is 1. The normalized spacial score (nSPS) is 24.3. The average Bonchev–Trinajstić information content (AvgIpc) is 3.29. The summed E-state index contributed by atoms with van der Waals surface area (Å²) in [6, 6.07) is 17.1. The topological polar surface area (TPSA) is 105 Å². The maximum absolute atomic E-state index is 13.9. The van der Waals surface area contributed by atoms with Crippen molar-refractivity contribution in [3.05, 3.63) is 99.9 Å². The number of nitro groups is 1. The number of ketones is 1. The van der Waals surface area contributed by atoms with Crippen LogP contribution < -0.4 is 5.32 Å². The number of nitrogens with zero attached hydrogens (tertiary/aromatic N) is 3. The minimum absolute atomic E-state index is 0.0195. The molecule has 0 radical (unpaired) electrons. The lowest BCUT2D eigenvalue weighted by Gasteiger charge is -2.35. The molecule has 0 saturated carbocycles. The third-order valence-electron chi connectivity index (χ3n) is 6.62. The van der Waals surface area contributed by atoms with E-state index >= 15 is 0 Å². The Hall–Kier alpha value is -3.91. The molecule has 1 saturated heterocycles. The second-order valence-electron chi connectivity index (χ2n) is 8.19. The molecule has 8 nitrogen and oxygen atoms in total. The van der Waals surface area contributed by atoms with E-state index in [1.165, 1.54) is 18.3 Å². The fourth-order valence-electron chi connectivity index (χ4n) is 5.23. The van der Waals surface area contributed by atoms with Crippen molar-refractivity contribution >= 4 is 23.1 Å². The fourth-order valence-corrected chi connectivity index (χ4v) is 5.23. The molecule has 0 aliphatic carbocycles. The second kappa shape index (κ2) is 7.35. The summed E-state index contributed by atoms with van der Waals surface area (Å²) in [4.78, 5) is 44.1.